The molecule has 130 valence electrons. The van der Waals surface area contributed by atoms with Crippen LogP contribution in [-0.2, 0) is 18.3 Å². The van der Waals surface area contributed by atoms with E-state index in [1.54, 1.807) is 0 Å². The Kier molecular flexibility index (Phi) is 26.0. The largest absolute Gasteiger partial charge is 0.428 e. The first-order valence-electron chi connectivity index (χ1n) is 8.21. The minimum absolute atomic E-state index is 0.417. The van der Waals surface area contributed by atoms with Crippen molar-refractivity contribution >= 4 is 32.9 Å². The Hall–Kier alpha value is 0.624. The van der Waals surface area contributed by atoms with Crippen LogP contribution in [0, 0.1) is 0 Å². The Balaban J connectivity index is 0. The standard InChI is InChI=1S/C12H28O3SSi.C2H8OSi/c1-3-5-8-13-12(14-9-6-4-2)15-17-11-7-10-16;1-2-3-4/h12,16H,3-11,17H2,1-2H3;2H2,1,4H3. The normalized spacial score (nSPS) is 11.3. The van der Waals surface area contributed by atoms with Gasteiger partial charge >= 0.3 is 0 Å². The SMILES string of the molecule is CCCCOC(OCCCC)O[SiH2]CCCS.CCO[SiH3]. The molecule has 0 aromatic rings. The van der Waals surface area contributed by atoms with Crippen LogP contribution in [0.4, 0.5) is 0 Å². The predicted octanol–water partition coefficient (Wildman–Crippen LogP) is 2.05. The molecule has 0 rings (SSSR count). The molecule has 0 aliphatic carbocycles. The first-order valence-corrected chi connectivity index (χ1v) is 11.2. The molecule has 21 heavy (non-hydrogen) atoms. The van der Waals surface area contributed by atoms with E-state index < -0.39 is 16.2 Å². The fourth-order valence-corrected chi connectivity index (χ4v) is 2.84. The number of thiol groups is 1. The van der Waals surface area contributed by atoms with E-state index in [0.717, 1.165) is 74.2 Å². The zero-order valence-electron chi connectivity index (χ0n) is 14.4. The van der Waals surface area contributed by atoms with E-state index >= 15 is 0 Å². The van der Waals surface area contributed by atoms with Gasteiger partial charge in [0.1, 0.15) is 10.5 Å². The molecule has 0 atom stereocenters. The molecule has 0 radical (unpaired) electrons. The maximum atomic E-state index is 5.70. The Morgan fingerprint density at radius 1 is 1.00 bits per heavy atom. The van der Waals surface area contributed by atoms with E-state index in [1.807, 2.05) is 6.92 Å². The summed E-state index contributed by atoms with van der Waals surface area (Å²) in [5.74, 6) is 0.939. The lowest BCUT2D eigenvalue weighted by Gasteiger charge is -2.19. The summed E-state index contributed by atoms with van der Waals surface area (Å²) in [5.41, 5.74) is 0. The molecule has 0 bridgehead atoms. The maximum absolute atomic E-state index is 5.70. The molecule has 0 fully saturated rings. The van der Waals surface area contributed by atoms with Crippen molar-refractivity contribution in [1.82, 2.24) is 0 Å². The lowest BCUT2D eigenvalue weighted by atomic mass is 10.4. The molecule has 0 aromatic carbocycles. The molecule has 0 amide bonds. The van der Waals surface area contributed by atoms with Crippen molar-refractivity contribution in [2.75, 3.05) is 25.6 Å². The van der Waals surface area contributed by atoms with Crippen LogP contribution >= 0.6 is 12.6 Å². The summed E-state index contributed by atoms with van der Waals surface area (Å²) in [6.07, 6.45) is 5.54. The highest BCUT2D eigenvalue weighted by Gasteiger charge is 2.08. The third kappa shape index (κ3) is 23.0. The first-order chi connectivity index (χ1) is 10.3. The van der Waals surface area contributed by atoms with Crippen molar-refractivity contribution in [3.8, 4) is 0 Å². The van der Waals surface area contributed by atoms with Crippen molar-refractivity contribution in [2.45, 2.75) is 65.4 Å². The number of unbranched alkanes of at least 4 members (excludes halogenated alkanes) is 2. The Morgan fingerprint density at radius 2 is 1.52 bits per heavy atom. The van der Waals surface area contributed by atoms with Gasteiger partial charge in [0.2, 0.25) is 0 Å². The lowest BCUT2D eigenvalue weighted by Crippen LogP contribution is -2.24. The molecule has 7 heteroatoms. The molecule has 0 aromatic heterocycles. The van der Waals surface area contributed by atoms with E-state index in [1.165, 1.54) is 0 Å². The fraction of sp³-hybridized carbons (Fsp3) is 1.00. The molecular formula is C14H36O4SSi2. The van der Waals surface area contributed by atoms with Crippen LogP contribution in [0.5, 0.6) is 0 Å². The second-order valence-corrected chi connectivity index (χ2v) is 7.09. The highest BCUT2D eigenvalue weighted by Crippen LogP contribution is 2.03. The zero-order valence-corrected chi connectivity index (χ0v) is 18.7. The predicted molar refractivity (Wildman–Crippen MR) is 100.0 cm³/mol. The minimum Gasteiger partial charge on any atom is -0.428 e. The van der Waals surface area contributed by atoms with E-state index in [-0.39, 0.29) is 0 Å². The quantitative estimate of drug-likeness (QED) is 0.224. The van der Waals surface area contributed by atoms with E-state index in [9.17, 15) is 0 Å². The smallest absolute Gasteiger partial charge is 0.261 e. The van der Waals surface area contributed by atoms with Gasteiger partial charge in [-0.15, -0.1) is 0 Å². The van der Waals surface area contributed by atoms with Gasteiger partial charge in [-0.1, -0.05) is 26.7 Å². The number of hydrogen-bond donors (Lipinski definition) is 1. The van der Waals surface area contributed by atoms with Crippen LogP contribution in [-0.4, -0.2) is 52.3 Å². The minimum atomic E-state index is -0.515. The topological polar surface area (TPSA) is 36.9 Å². The van der Waals surface area contributed by atoms with Gasteiger partial charge < -0.3 is 18.3 Å². The zero-order chi connectivity index (χ0) is 16.2. The van der Waals surface area contributed by atoms with Crippen LogP contribution in [0.25, 0.3) is 0 Å². The van der Waals surface area contributed by atoms with Gasteiger partial charge in [-0.2, -0.15) is 12.6 Å². The third-order valence-corrected chi connectivity index (χ3v) is 4.79. The third-order valence-electron chi connectivity index (χ3n) is 2.60. The fourth-order valence-electron chi connectivity index (χ4n) is 1.19. The average Bonchev–Trinajstić information content (AvgIpc) is 2.51. The van der Waals surface area contributed by atoms with Gasteiger partial charge in [0.25, 0.3) is 6.48 Å². The molecular weight excluding hydrogens is 320 g/mol. The summed E-state index contributed by atoms with van der Waals surface area (Å²) in [6.45, 7) is 8.22. The summed E-state index contributed by atoms with van der Waals surface area (Å²) < 4.78 is 21.5. The molecule has 0 aliphatic rings. The lowest BCUT2D eigenvalue weighted by molar-refractivity contribution is -0.248. The number of hydrogen-bond acceptors (Lipinski definition) is 5. The van der Waals surface area contributed by atoms with Crippen molar-refractivity contribution in [1.29, 1.82) is 0 Å². The molecule has 0 heterocycles. The van der Waals surface area contributed by atoms with Crippen LogP contribution in [0.3, 0.4) is 0 Å². The summed E-state index contributed by atoms with van der Waals surface area (Å²) in [4.78, 5) is 0. The molecule has 0 aliphatic heterocycles. The number of ether oxygens (including phenoxy) is 2. The van der Waals surface area contributed by atoms with Crippen molar-refractivity contribution in [2.24, 2.45) is 0 Å². The van der Waals surface area contributed by atoms with E-state index in [0.29, 0.717) is 0 Å². The molecule has 4 nitrogen and oxygen atoms in total. The summed E-state index contributed by atoms with van der Waals surface area (Å²) >= 11 is 4.19. The van der Waals surface area contributed by atoms with Crippen LogP contribution in [0.15, 0.2) is 0 Å². The molecule has 0 saturated carbocycles. The maximum Gasteiger partial charge on any atom is 0.261 e. The first kappa shape index (κ1) is 23.9. The summed E-state index contributed by atoms with van der Waals surface area (Å²) in [5, 5.41) is 0. The second-order valence-electron chi connectivity index (χ2n) is 4.62. The Labute approximate surface area is 142 Å². The monoisotopic (exact) mass is 356 g/mol. The van der Waals surface area contributed by atoms with Gasteiger partial charge in [-0.05, 0) is 38.0 Å². The molecule has 0 N–H and O–H groups in total. The average molecular weight is 357 g/mol. The molecule has 0 spiro atoms. The van der Waals surface area contributed by atoms with E-state index in [2.05, 4.69) is 30.9 Å². The highest BCUT2D eigenvalue weighted by molar-refractivity contribution is 7.80. The van der Waals surface area contributed by atoms with Crippen LogP contribution in [0.1, 0.15) is 52.9 Å². The van der Waals surface area contributed by atoms with Gasteiger partial charge in [0, 0.05) is 6.61 Å². The van der Waals surface area contributed by atoms with Crippen LogP contribution < -0.4 is 0 Å². The van der Waals surface area contributed by atoms with Gasteiger partial charge in [-0.3, -0.25) is 0 Å². The van der Waals surface area contributed by atoms with Crippen molar-refractivity contribution in [3.05, 3.63) is 0 Å². The Morgan fingerprint density at radius 3 is 1.90 bits per heavy atom. The van der Waals surface area contributed by atoms with E-state index in [4.69, 9.17) is 13.9 Å². The summed E-state index contributed by atoms with van der Waals surface area (Å²) in [6, 6.07) is 1.15. The highest BCUT2D eigenvalue weighted by atomic mass is 32.1. The van der Waals surface area contributed by atoms with Gasteiger partial charge in [0.05, 0.1) is 13.2 Å². The van der Waals surface area contributed by atoms with Crippen LogP contribution in [0.2, 0.25) is 6.04 Å². The van der Waals surface area contributed by atoms with Crippen molar-refractivity contribution < 1.29 is 18.3 Å². The molecule has 0 unspecified atom stereocenters. The number of rotatable bonds is 14. The van der Waals surface area contributed by atoms with Gasteiger partial charge in [0.15, 0.2) is 9.76 Å². The molecule has 0 saturated heterocycles. The summed E-state index contributed by atoms with van der Waals surface area (Å²) in [7, 11) is 0.375. The van der Waals surface area contributed by atoms with Crippen molar-refractivity contribution in [3.63, 3.8) is 0 Å². The van der Waals surface area contributed by atoms with Gasteiger partial charge in [-0.25, -0.2) is 0 Å². The second kappa shape index (κ2) is 22.9. The Bertz CT molecular complexity index is 167.